The highest BCUT2D eigenvalue weighted by atomic mass is 32.2. The molecule has 3 aromatic carbocycles. The molecule has 2 heterocycles. The van der Waals surface area contributed by atoms with E-state index in [1.807, 2.05) is 30.3 Å². The molecule has 168 valence electrons. The van der Waals surface area contributed by atoms with Crippen molar-refractivity contribution >= 4 is 37.7 Å². The summed E-state index contributed by atoms with van der Waals surface area (Å²) in [6.07, 6.45) is 1.66. The summed E-state index contributed by atoms with van der Waals surface area (Å²) in [5.41, 5.74) is 0.521. The van der Waals surface area contributed by atoms with Gasteiger partial charge in [0.05, 0.1) is 10.5 Å². The molecule has 0 amide bonds. The highest BCUT2D eigenvalue weighted by molar-refractivity contribution is 7.89. The molecule has 0 N–H and O–H groups in total. The average molecular weight is 464 g/mol. The van der Waals surface area contributed by atoms with E-state index in [9.17, 15) is 18.0 Å². The van der Waals surface area contributed by atoms with E-state index in [1.54, 1.807) is 6.07 Å². The zero-order chi connectivity index (χ0) is 23.0. The molecule has 0 spiro atoms. The Morgan fingerprint density at radius 1 is 0.970 bits per heavy atom. The van der Waals surface area contributed by atoms with Crippen LogP contribution < -0.4 is 5.63 Å². The lowest BCUT2D eigenvalue weighted by Gasteiger charge is -2.16. The maximum absolute atomic E-state index is 12.8. The Morgan fingerprint density at radius 3 is 2.58 bits per heavy atom. The highest BCUT2D eigenvalue weighted by Gasteiger charge is 2.27. The minimum atomic E-state index is -3.65. The molecular formula is C25H21NO6S. The molecular weight excluding hydrogens is 442 g/mol. The summed E-state index contributed by atoms with van der Waals surface area (Å²) in [6, 6.07) is 18.4. The molecule has 1 aromatic heterocycles. The third-order valence-corrected chi connectivity index (χ3v) is 7.74. The third-order valence-electron chi connectivity index (χ3n) is 5.85. The first-order valence-electron chi connectivity index (χ1n) is 10.7. The van der Waals surface area contributed by atoms with Crippen LogP contribution in [0.25, 0.3) is 21.7 Å². The van der Waals surface area contributed by atoms with Gasteiger partial charge in [0, 0.05) is 30.1 Å². The van der Waals surface area contributed by atoms with Gasteiger partial charge >= 0.3 is 11.6 Å². The van der Waals surface area contributed by atoms with Gasteiger partial charge in [-0.15, -0.1) is 0 Å². The Kier molecular flexibility index (Phi) is 5.47. The number of ether oxygens (including phenoxy) is 1. The van der Waals surface area contributed by atoms with Gasteiger partial charge in [0.15, 0.2) is 0 Å². The molecule has 1 fully saturated rings. The zero-order valence-corrected chi connectivity index (χ0v) is 18.5. The van der Waals surface area contributed by atoms with Gasteiger partial charge in [-0.2, -0.15) is 4.31 Å². The first-order valence-corrected chi connectivity index (χ1v) is 12.1. The second-order valence-electron chi connectivity index (χ2n) is 7.97. The normalized spacial score (nSPS) is 14.7. The lowest BCUT2D eigenvalue weighted by molar-refractivity contribution is 0.0473. The maximum atomic E-state index is 12.8. The Labute approximate surface area is 190 Å². The average Bonchev–Trinajstić information content (AvgIpc) is 3.38. The number of carbonyl (C=O) groups excluding carboxylic acids is 1. The van der Waals surface area contributed by atoms with Crippen molar-refractivity contribution in [2.45, 2.75) is 24.3 Å². The van der Waals surface area contributed by atoms with Crippen molar-refractivity contribution in [3.05, 3.63) is 88.3 Å². The summed E-state index contributed by atoms with van der Waals surface area (Å²) < 4.78 is 37.9. The van der Waals surface area contributed by atoms with Crippen LogP contribution in [0.1, 0.15) is 28.8 Å². The molecule has 0 radical (unpaired) electrons. The molecule has 4 aromatic rings. The maximum Gasteiger partial charge on any atom is 0.338 e. The largest absolute Gasteiger partial charge is 0.457 e. The second-order valence-corrected chi connectivity index (χ2v) is 9.90. The van der Waals surface area contributed by atoms with Gasteiger partial charge in [0.2, 0.25) is 10.0 Å². The number of sulfonamides is 1. The van der Waals surface area contributed by atoms with E-state index in [4.69, 9.17) is 9.15 Å². The fourth-order valence-electron chi connectivity index (χ4n) is 4.22. The van der Waals surface area contributed by atoms with Crippen molar-refractivity contribution in [1.82, 2.24) is 4.31 Å². The molecule has 33 heavy (non-hydrogen) atoms. The zero-order valence-electron chi connectivity index (χ0n) is 17.7. The van der Waals surface area contributed by atoms with E-state index in [-0.39, 0.29) is 17.1 Å². The molecule has 0 bridgehead atoms. The SMILES string of the molecule is O=C(OCc1cc(=O)oc2ccc3ccccc3c12)c1cccc(S(=O)(=O)N2CCCC2)c1. The molecule has 1 saturated heterocycles. The first kappa shape index (κ1) is 21.4. The third kappa shape index (κ3) is 4.03. The van der Waals surface area contributed by atoms with E-state index in [0.29, 0.717) is 29.6 Å². The minimum Gasteiger partial charge on any atom is -0.457 e. The van der Waals surface area contributed by atoms with Crippen molar-refractivity contribution in [2.24, 2.45) is 0 Å². The monoisotopic (exact) mass is 463 g/mol. The summed E-state index contributed by atoms with van der Waals surface area (Å²) in [7, 11) is -3.65. The van der Waals surface area contributed by atoms with Gasteiger partial charge in [0.1, 0.15) is 12.2 Å². The predicted octanol–water partition coefficient (Wildman–Crippen LogP) is 4.09. The number of hydrogen-bond donors (Lipinski definition) is 0. The van der Waals surface area contributed by atoms with Gasteiger partial charge in [0.25, 0.3) is 0 Å². The Hall–Kier alpha value is -3.49. The van der Waals surface area contributed by atoms with E-state index < -0.39 is 21.6 Å². The van der Waals surface area contributed by atoms with Crippen LogP contribution in [0.2, 0.25) is 0 Å². The molecule has 8 heteroatoms. The number of esters is 1. The van der Waals surface area contributed by atoms with Gasteiger partial charge in [-0.3, -0.25) is 0 Å². The van der Waals surface area contributed by atoms with E-state index in [1.165, 1.54) is 34.6 Å². The molecule has 0 unspecified atom stereocenters. The van der Waals surface area contributed by atoms with Crippen molar-refractivity contribution in [1.29, 1.82) is 0 Å². The van der Waals surface area contributed by atoms with Crippen molar-refractivity contribution in [2.75, 3.05) is 13.1 Å². The van der Waals surface area contributed by atoms with Gasteiger partial charge in [-0.05, 0) is 47.9 Å². The fraction of sp³-hybridized carbons (Fsp3) is 0.200. The van der Waals surface area contributed by atoms with Gasteiger partial charge in [-0.1, -0.05) is 36.4 Å². The molecule has 1 aliphatic rings. The van der Waals surface area contributed by atoms with Crippen LogP contribution in [0, 0.1) is 0 Å². The Bertz CT molecular complexity index is 1530. The smallest absolute Gasteiger partial charge is 0.338 e. The lowest BCUT2D eigenvalue weighted by atomic mass is 10.0. The van der Waals surface area contributed by atoms with Gasteiger partial charge < -0.3 is 9.15 Å². The van der Waals surface area contributed by atoms with Crippen LogP contribution in [0.5, 0.6) is 0 Å². The quantitative estimate of drug-likeness (QED) is 0.251. The summed E-state index contributed by atoms with van der Waals surface area (Å²) in [6.45, 7) is 0.807. The number of benzene rings is 3. The standard InChI is InChI=1S/C25H21NO6S/c27-23-15-19(24-21-9-2-1-6-17(21)10-11-22(24)32-23)16-31-25(28)18-7-5-8-20(14-18)33(29,30)26-12-3-4-13-26/h1-2,5-11,14-15H,3-4,12-13,16H2. The molecule has 0 aliphatic carbocycles. The van der Waals surface area contributed by atoms with Crippen molar-refractivity contribution < 1.29 is 22.4 Å². The predicted molar refractivity (Wildman–Crippen MR) is 124 cm³/mol. The topological polar surface area (TPSA) is 93.9 Å². The number of rotatable bonds is 5. The second kappa shape index (κ2) is 8.46. The van der Waals surface area contributed by atoms with Crippen LogP contribution >= 0.6 is 0 Å². The molecule has 0 saturated carbocycles. The van der Waals surface area contributed by atoms with E-state index in [2.05, 4.69) is 0 Å². The molecule has 0 atom stereocenters. The summed E-state index contributed by atoms with van der Waals surface area (Å²) in [5, 5.41) is 2.54. The van der Waals surface area contributed by atoms with Crippen LogP contribution in [-0.2, 0) is 21.4 Å². The number of nitrogens with zero attached hydrogens (tertiary/aromatic N) is 1. The minimum absolute atomic E-state index is 0.0654. The Balaban J connectivity index is 1.44. The number of fused-ring (bicyclic) bond motifs is 3. The summed E-state index contributed by atoms with van der Waals surface area (Å²) in [4.78, 5) is 24.9. The highest BCUT2D eigenvalue weighted by Crippen LogP contribution is 2.28. The molecule has 5 rings (SSSR count). The first-order chi connectivity index (χ1) is 15.9. The lowest BCUT2D eigenvalue weighted by Crippen LogP contribution is -2.28. The van der Waals surface area contributed by atoms with Gasteiger partial charge in [-0.25, -0.2) is 18.0 Å². The van der Waals surface area contributed by atoms with Crippen LogP contribution in [0.3, 0.4) is 0 Å². The van der Waals surface area contributed by atoms with Crippen LogP contribution in [0.15, 0.2) is 80.8 Å². The number of carbonyl (C=O) groups is 1. The van der Waals surface area contributed by atoms with Crippen molar-refractivity contribution in [3.8, 4) is 0 Å². The van der Waals surface area contributed by atoms with E-state index >= 15 is 0 Å². The van der Waals surface area contributed by atoms with E-state index in [0.717, 1.165) is 23.6 Å². The summed E-state index contributed by atoms with van der Waals surface area (Å²) >= 11 is 0. The summed E-state index contributed by atoms with van der Waals surface area (Å²) in [5.74, 6) is -0.671. The van der Waals surface area contributed by atoms with Crippen LogP contribution in [-0.4, -0.2) is 31.8 Å². The van der Waals surface area contributed by atoms with Crippen LogP contribution in [0.4, 0.5) is 0 Å². The molecule has 7 nitrogen and oxygen atoms in total. The number of hydrogen-bond acceptors (Lipinski definition) is 6. The fourth-order valence-corrected chi connectivity index (χ4v) is 5.79. The Morgan fingerprint density at radius 2 is 1.76 bits per heavy atom. The van der Waals surface area contributed by atoms with Crippen molar-refractivity contribution in [3.63, 3.8) is 0 Å². The molecule has 1 aliphatic heterocycles.